The minimum atomic E-state index is -0.875. The molecule has 1 aliphatic heterocycles. The lowest BCUT2D eigenvalue weighted by molar-refractivity contribution is -0.144. The molecule has 404 valence electrons. The average Bonchev–Trinajstić information content (AvgIpc) is 3.63. The third kappa shape index (κ3) is 15.0. The Balaban J connectivity index is 1.24. The lowest BCUT2D eigenvalue weighted by atomic mass is 9.77. The Morgan fingerprint density at radius 3 is 2.21 bits per heavy atom. The van der Waals surface area contributed by atoms with Crippen LogP contribution >= 0.6 is 0 Å². The quantitative estimate of drug-likeness (QED) is 0.0394. The number of unbranched alkanes of at least 4 members (excludes halogenated alkanes) is 2. The summed E-state index contributed by atoms with van der Waals surface area (Å²) >= 11 is 0. The molecule has 5 rings (SSSR count). The number of carbonyl (C=O) groups excluding carboxylic acids is 5. The molecule has 0 spiro atoms. The molecule has 0 bridgehead atoms. The number of methoxy groups -OCH3 is 2. The standard InChI is InChI=1S/C58H88N6O9/c1-12-39(7)58(33-43(58)30-38(6)53(68)51(36(2)3)62-57(71)52(37(4)5)63(9)28-20-14-17-27-50(66)67)48(72-10)32-49(65)64-29-21-26-47(64)54(73-11)40(8)55(69)61-46(56(70)60-34-41-22-15-13-16-23-41)31-42-35-59-45-25-19-18-24-44(42)45/h13,15-16,18-19,22-25,35-40,43,46-48,51-52,54,59H,12,14,17,20-21,26-34H2,1-11H3,(H,60,70)(H,61,69)(H,62,71)(H,66,67)/t38?,39-,40+,43-,46-,47-,48+,51-,52-,54+,58-/m0/s1. The molecule has 1 aliphatic carbocycles. The number of aromatic amines is 1. The molecule has 2 heterocycles. The van der Waals surface area contributed by atoms with Crippen molar-refractivity contribution < 1.29 is 43.3 Å². The topological polar surface area (TPSA) is 199 Å². The number of hydrogen-bond donors (Lipinski definition) is 5. The van der Waals surface area contributed by atoms with Crippen LogP contribution in [0.25, 0.3) is 10.9 Å². The molecule has 1 unspecified atom stereocenters. The van der Waals surface area contributed by atoms with Gasteiger partial charge in [-0.3, -0.25) is 33.7 Å². The normalized spacial score (nSPS) is 21.0. The molecule has 1 saturated carbocycles. The van der Waals surface area contributed by atoms with E-state index in [4.69, 9.17) is 14.6 Å². The SMILES string of the molecule is CC[C@H](C)[C@@]1([C@@H](CC(=O)N2CCC[C@H]2[C@H](OC)[C@@H](C)C(=O)N[C@@H](Cc2c[nH]c3ccccc23)C(=O)NCc2ccccc2)OC)C[C@@H]1CC(C)C(=O)[C@@H](NC(=O)[C@H](C(C)C)N(C)CCCCCC(=O)O)C(C)C. The van der Waals surface area contributed by atoms with E-state index in [-0.39, 0.29) is 89.7 Å². The summed E-state index contributed by atoms with van der Waals surface area (Å²) in [5, 5.41) is 19.2. The average molecular weight is 1010 g/mol. The summed E-state index contributed by atoms with van der Waals surface area (Å²) in [6.07, 6.45) is 7.21. The van der Waals surface area contributed by atoms with Crippen molar-refractivity contribution in [1.82, 2.24) is 30.7 Å². The first-order chi connectivity index (χ1) is 34.8. The van der Waals surface area contributed by atoms with E-state index in [0.29, 0.717) is 38.9 Å². The van der Waals surface area contributed by atoms with Gasteiger partial charge in [0.2, 0.25) is 23.6 Å². The number of fused-ring (bicyclic) bond motifs is 1. The Morgan fingerprint density at radius 2 is 1.56 bits per heavy atom. The monoisotopic (exact) mass is 1010 g/mol. The predicted molar refractivity (Wildman–Crippen MR) is 285 cm³/mol. The number of carboxylic acid groups (broad SMARTS) is 1. The fourth-order valence-electron chi connectivity index (χ4n) is 12.0. The number of nitrogens with one attached hydrogen (secondary N) is 4. The second kappa shape index (κ2) is 27.4. The number of aromatic nitrogens is 1. The summed E-state index contributed by atoms with van der Waals surface area (Å²) in [5.41, 5.74) is 2.46. The lowest BCUT2D eigenvalue weighted by Crippen LogP contribution is -2.55. The van der Waals surface area contributed by atoms with Gasteiger partial charge in [0, 0.05) is 68.6 Å². The molecule has 2 aromatic carbocycles. The maximum Gasteiger partial charge on any atom is 0.303 e. The van der Waals surface area contributed by atoms with Crippen molar-refractivity contribution in [3.05, 3.63) is 71.9 Å². The van der Waals surface area contributed by atoms with Crippen LogP contribution in [0.1, 0.15) is 131 Å². The van der Waals surface area contributed by atoms with E-state index in [1.54, 1.807) is 21.1 Å². The largest absolute Gasteiger partial charge is 0.481 e. The van der Waals surface area contributed by atoms with Crippen LogP contribution in [-0.4, -0.2) is 126 Å². The van der Waals surface area contributed by atoms with Gasteiger partial charge in [-0.25, -0.2) is 0 Å². The molecular formula is C58H88N6O9. The summed E-state index contributed by atoms with van der Waals surface area (Å²) < 4.78 is 12.4. The Hall–Kier alpha value is -5.12. The van der Waals surface area contributed by atoms with Gasteiger partial charge in [0.15, 0.2) is 5.78 Å². The van der Waals surface area contributed by atoms with Crippen molar-refractivity contribution in [2.45, 2.75) is 169 Å². The van der Waals surface area contributed by atoms with E-state index in [1.165, 1.54) is 0 Å². The maximum atomic E-state index is 14.6. The number of likely N-dealkylation sites (tertiary alicyclic amines) is 1. The molecule has 15 nitrogen and oxygen atoms in total. The van der Waals surface area contributed by atoms with Gasteiger partial charge in [-0.15, -0.1) is 0 Å². The van der Waals surface area contributed by atoms with Crippen LogP contribution < -0.4 is 16.0 Å². The highest BCUT2D eigenvalue weighted by molar-refractivity contribution is 5.93. The number of Topliss-reactive ketones (excluding diaryl/α,β-unsaturated/α-hetero) is 1. The van der Waals surface area contributed by atoms with Gasteiger partial charge >= 0.3 is 5.97 Å². The third-order valence-electron chi connectivity index (χ3n) is 16.4. The zero-order valence-electron chi connectivity index (χ0n) is 45.7. The number of nitrogens with zero attached hydrogens (tertiary/aromatic N) is 2. The Labute approximate surface area is 435 Å². The number of carboxylic acids is 1. The fraction of sp³-hybridized carbons (Fsp3) is 0.655. The van der Waals surface area contributed by atoms with E-state index < -0.39 is 42.2 Å². The number of hydrogen-bond acceptors (Lipinski definition) is 9. The molecule has 1 saturated heterocycles. The second-order valence-electron chi connectivity index (χ2n) is 22.0. The predicted octanol–water partition coefficient (Wildman–Crippen LogP) is 7.95. The Kier molecular flexibility index (Phi) is 22.1. The number of amides is 4. The zero-order valence-corrected chi connectivity index (χ0v) is 45.7. The number of likely N-dealkylation sites (N-methyl/N-ethyl adjacent to an activating group) is 1. The van der Waals surface area contributed by atoms with Crippen LogP contribution in [0.3, 0.4) is 0 Å². The van der Waals surface area contributed by atoms with E-state index in [2.05, 4.69) is 34.8 Å². The van der Waals surface area contributed by atoms with Crippen molar-refractivity contribution >= 4 is 46.3 Å². The number of rotatable bonds is 31. The minimum absolute atomic E-state index is 0.00190. The molecule has 15 heteroatoms. The highest BCUT2D eigenvalue weighted by atomic mass is 16.5. The van der Waals surface area contributed by atoms with Gasteiger partial charge in [0.05, 0.1) is 42.7 Å². The highest BCUT2D eigenvalue weighted by Gasteiger charge is 2.62. The van der Waals surface area contributed by atoms with Crippen LogP contribution in [-0.2, 0) is 51.2 Å². The Bertz CT molecular complexity index is 2280. The first kappa shape index (κ1) is 58.8. The van der Waals surface area contributed by atoms with Gasteiger partial charge in [-0.2, -0.15) is 0 Å². The molecule has 0 radical (unpaired) electrons. The molecule has 5 N–H and O–H groups in total. The van der Waals surface area contributed by atoms with E-state index in [1.807, 2.05) is 112 Å². The van der Waals surface area contributed by atoms with Crippen molar-refractivity contribution in [1.29, 1.82) is 0 Å². The third-order valence-corrected chi connectivity index (χ3v) is 16.4. The molecule has 1 aromatic heterocycles. The Morgan fingerprint density at radius 1 is 0.863 bits per heavy atom. The number of aliphatic carboxylic acids is 1. The first-order valence-electron chi connectivity index (χ1n) is 27.1. The first-order valence-corrected chi connectivity index (χ1v) is 27.1. The zero-order chi connectivity index (χ0) is 53.6. The number of carbonyl (C=O) groups is 6. The maximum absolute atomic E-state index is 14.6. The van der Waals surface area contributed by atoms with Gasteiger partial charge in [-0.1, -0.05) is 117 Å². The lowest BCUT2D eigenvalue weighted by Gasteiger charge is -2.37. The number of para-hydroxylation sites is 1. The number of benzene rings is 2. The highest BCUT2D eigenvalue weighted by Crippen LogP contribution is 2.64. The van der Waals surface area contributed by atoms with Crippen LogP contribution in [0.15, 0.2) is 60.8 Å². The van der Waals surface area contributed by atoms with Crippen LogP contribution in [0.2, 0.25) is 0 Å². The summed E-state index contributed by atoms with van der Waals surface area (Å²) in [5.74, 6) is -2.56. The van der Waals surface area contributed by atoms with E-state index >= 15 is 0 Å². The molecular weight excluding hydrogens is 925 g/mol. The van der Waals surface area contributed by atoms with Crippen molar-refractivity contribution in [2.75, 3.05) is 34.4 Å². The summed E-state index contributed by atoms with van der Waals surface area (Å²) in [7, 11) is 5.16. The van der Waals surface area contributed by atoms with Crippen molar-refractivity contribution in [3.8, 4) is 0 Å². The number of ketones is 1. The molecule has 3 aromatic rings. The molecule has 73 heavy (non-hydrogen) atoms. The van der Waals surface area contributed by atoms with Crippen LogP contribution in [0.5, 0.6) is 0 Å². The molecule has 2 fully saturated rings. The number of ether oxygens (including phenoxy) is 2. The molecule has 11 atom stereocenters. The second-order valence-corrected chi connectivity index (χ2v) is 22.0. The fourth-order valence-corrected chi connectivity index (χ4v) is 12.0. The smallest absolute Gasteiger partial charge is 0.303 e. The molecule has 2 aliphatic rings. The van der Waals surface area contributed by atoms with Gasteiger partial charge in [0.25, 0.3) is 0 Å². The van der Waals surface area contributed by atoms with Crippen molar-refractivity contribution in [2.24, 2.45) is 40.9 Å². The van der Waals surface area contributed by atoms with Gasteiger partial charge in [0.1, 0.15) is 6.04 Å². The summed E-state index contributed by atoms with van der Waals surface area (Å²) in [4.78, 5) is 89.3. The summed E-state index contributed by atoms with van der Waals surface area (Å²) in [6.45, 7) is 17.5. The summed E-state index contributed by atoms with van der Waals surface area (Å²) in [6, 6.07) is 15.1. The van der Waals surface area contributed by atoms with Gasteiger partial charge in [-0.05, 0) is 93.0 Å². The van der Waals surface area contributed by atoms with Gasteiger partial charge < -0.3 is 40.4 Å². The number of H-pyrrole nitrogens is 1. The molecule has 4 amide bonds. The van der Waals surface area contributed by atoms with E-state index in [0.717, 1.165) is 54.1 Å². The van der Waals surface area contributed by atoms with E-state index in [9.17, 15) is 28.8 Å². The van der Waals surface area contributed by atoms with Crippen LogP contribution in [0.4, 0.5) is 0 Å². The van der Waals surface area contributed by atoms with Crippen molar-refractivity contribution in [3.63, 3.8) is 0 Å². The van der Waals surface area contributed by atoms with Crippen LogP contribution in [0, 0.1) is 40.9 Å². The minimum Gasteiger partial charge on any atom is -0.481 e.